The second-order valence-electron chi connectivity index (χ2n) is 11.6. The molecular weight excluding hydrogens is 538 g/mol. The van der Waals surface area contributed by atoms with Crippen molar-refractivity contribution in [1.29, 1.82) is 0 Å². The van der Waals surface area contributed by atoms with Crippen LogP contribution in [0.2, 0.25) is 0 Å². The summed E-state index contributed by atoms with van der Waals surface area (Å²) in [4.78, 5) is 17.8. The first kappa shape index (κ1) is 27.8. The number of pyridine rings is 1. The minimum absolute atomic E-state index is 0.203. The lowest BCUT2D eigenvalue weighted by Gasteiger charge is -2.14. The van der Waals surface area contributed by atoms with Gasteiger partial charge in [-0.15, -0.1) is 0 Å². The van der Waals surface area contributed by atoms with Gasteiger partial charge in [0, 0.05) is 34.5 Å². The predicted octanol–water partition coefficient (Wildman–Crippen LogP) is 8.23. The van der Waals surface area contributed by atoms with Crippen LogP contribution in [0, 0.1) is 6.92 Å². The molecule has 216 valence electrons. The lowest BCUT2D eigenvalue weighted by Crippen LogP contribution is -2.21. The highest BCUT2D eigenvalue weighted by Gasteiger charge is 2.22. The number of aryl methyl sites for hydroxylation is 1. The zero-order valence-corrected chi connectivity index (χ0v) is 24.6. The Balaban J connectivity index is 1.28. The molecular formula is C35H33N5O3. The van der Waals surface area contributed by atoms with Gasteiger partial charge in [0.05, 0.1) is 29.5 Å². The summed E-state index contributed by atoms with van der Waals surface area (Å²) in [6.07, 6.45) is 3.88. The molecule has 8 heteroatoms. The summed E-state index contributed by atoms with van der Waals surface area (Å²) in [6.45, 7) is 8.17. The molecule has 0 aliphatic heterocycles. The molecule has 0 aliphatic rings. The fourth-order valence-corrected chi connectivity index (χ4v) is 5.03. The Bertz CT molecular complexity index is 1920. The van der Waals surface area contributed by atoms with Crippen LogP contribution in [0.1, 0.15) is 43.5 Å². The predicted molar refractivity (Wildman–Crippen MR) is 170 cm³/mol. The van der Waals surface area contributed by atoms with Crippen molar-refractivity contribution in [3.05, 3.63) is 120 Å². The summed E-state index contributed by atoms with van der Waals surface area (Å²) in [7, 11) is 0. The number of aromatic nitrogens is 3. The molecule has 6 aromatic rings. The van der Waals surface area contributed by atoms with Crippen molar-refractivity contribution >= 4 is 28.3 Å². The second kappa shape index (κ2) is 11.1. The largest absolute Gasteiger partial charge is 0.508 e. The number of carbonyl (C=O) groups excluding carboxylic acids is 1. The monoisotopic (exact) mass is 571 g/mol. The summed E-state index contributed by atoms with van der Waals surface area (Å²) in [5, 5.41) is 23.4. The van der Waals surface area contributed by atoms with Crippen LogP contribution in [-0.4, -0.2) is 25.9 Å². The third-order valence-electron chi connectivity index (χ3n) is 7.37. The van der Waals surface area contributed by atoms with Crippen molar-refractivity contribution in [3.8, 4) is 22.6 Å². The third-order valence-corrected chi connectivity index (χ3v) is 7.37. The van der Waals surface area contributed by atoms with E-state index in [1.54, 1.807) is 23.2 Å². The molecule has 3 aromatic heterocycles. The molecule has 0 atom stereocenters. The van der Waals surface area contributed by atoms with E-state index in [1.165, 1.54) is 0 Å². The maximum absolute atomic E-state index is 13.4. The summed E-state index contributed by atoms with van der Waals surface area (Å²) in [5.41, 5.74) is 5.55. The first-order chi connectivity index (χ1) is 20.7. The van der Waals surface area contributed by atoms with Crippen LogP contribution in [0.25, 0.3) is 27.6 Å². The summed E-state index contributed by atoms with van der Waals surface area (Å²) >= 11 is 0. The van der Waals surface area contributed by atoms with Crippen molar-refractivity contribution in [3.63, 3.8) is 0 Å². The summed E-state index contributed by atoms with van der Waals surface area (Å²) in [6, 6.07) is 26.5. The van der Waals surface area contributed by atoms with Gasteiger partial charge in [-0.3, -0.25) is 10.3 Å². The molecule has 0 saturated heterocycles. The van der Waals surface area contributed by atoms with Gasteiger partial charge in [0.25, 0.3) is 0 Å². The molecule has 2 amide bonds. The molecule has 3 aromatic carbocycles. The molecule has 0 radical (unpaired) electrons. The van der Waals surface area contributed by atoms with Crippen LogP contribution in [0.5, 0.6) is 5.75 Å². The van der Waals surface area contributed by atoms with Gasteiger partial charge in [-0.2, -0.15) is 5.10 Å². The zero-order chi connectivity index (χ0) is 30.1. The fourth-order valence-electron chi connectivity index (χ4n) is 5.03. The number of fused-ring (bicyclic) bond motifs is 1. The van der Waals surface area contributed by atoms with E-state index in [0.29, 0.717) is 17.9 Å². The number of nitrogens with one attached hydrogen (secondary N) is 2. The van der Waals surface area contributed by atoms with E-state index in [9.17, 15) is 9.90 Å². The number of rotatable bonds is 6. The van der Waals surface area contributed by atoms with Crippen molar-refractivity contribution in [2.24, 2.45) is 0 Å². The van der Waals surface area contributed by atoms with E-state index in [1.807, 2.05) is 85.8 Å². The van der Waals surface area contributed by atoms with Gasteiger partial charge >= 0.3 is 6.03 Å². The van der Waals surface area contributed by atoms with Crippen LogP contribution >= 0.6 is 0 Å². The molecule has 0 fully saturated rings. The number of benzene rings is 3. The van der Waals surface area contributed by atoms with Crippen molar-refractivity contribution in [2.75, 3.05) is 10.6 Å². The number of phenols is 1. The number of aromatic hydroxyl groups is 1. The Labute approximate surface area is 250 Å². The Kier molecular flexibility index (Phi) is 7.19. The normalized spacial score (nSPS) is 11.5. The zero-order valence-electron chi connectivity index (χ0n) is 24.6. The number of nitrogens with zero attached hydrogens (tertiary/aromatic N) is 3. The molecule has 0 unspecified atom stereocenters. The third kappa shape index (κ3) is 5.85. The van der Waals surface area contributed by atoms with E-state index in [4.69, 9.17) is 9.52 Å². The number of urea groups is 1. The number of carbonyl (C=O) groups is 1. The first-order valence-corrected chi connectivity index (χ1v) is 14.1. The number of phenolic OH excluding ortho intramolecular Hbond substituents is 1. The minimum atomic E-state index is -0.389. The van der Waals surface area contributed by atoms with E-state index in [-0.39, 0.29) is 17.2 Å². The van der Waals surface area contributed by atoms with Gasteiger partial charge < -0.3 is 14.8 Å². The smallest absolute Gasteiger partial charge is 0.324 e. The highest BCUT2D eigenvalue weighted by Crippen LogP contribution is 2.36. The quantitative estimate of drug-likeness (QED) is 0.187. The van der Waals surface area contributed by atoms with Crippen molar-refractivity contribution in [2.45, 2.75) is 39.5 Å². The van der Waals surface area contributed by atoms with Crippen LogP contribution in [0.15, 0.2) is 102 Å². The lowest BCUT2D eigenvalue weighted by molar-refractivity contribution is 0.262. The number of amides is 2. The van der Waals surface area contributed by atoms with Crippen LogP contribution in [0.4, 0.5) is 16.3 Å². The molecule has 0 bridgehead atoms. The second-order valence-corrected chi connectivity index (χ2v) is 11.6. The van der Waals surface area contributed by atoms with Crippen molar-refractivity contribution < 1.29 is 14.3 Å². The molecule has 6 rings (SSSR count). The van der Waals surface area contributed by atoms with Gasteiger partial charge in [0.2, 0.25) is 0 Å². The lowest BCUT2D eigenvalue weighted by atomic mass is 9.92. The highest BCUT2D eigenvalue weighted by atomic mass is 16.3. The average molecular weight is 572 g/mol. The fraction of sp³-hybridized carbons (Fsp3) is 0.171. The van der Waals surface area contributed by atoms with Gasteiger partial charge in [0.1, 0.15) is 17.3 Å². The number of anilines is 2. The van der Waals surface area contributed by atoms with E-state index < -0.39 is 0 Å². The van der Waals surface area contributed by atoms with Gasteiger partial charge in [-0.1, -0.05) is 63.2 Å². The Morgan fingerprint density at radius 1 is 0.930 bits per heavy atom. The Morgan fingerprint density at radius 2 is 1.74 bits per heavy atom. The topological polar surface area (TPSA) is 105 Å². The summed E-state index contributed by atoms with van der Waals surface area (Å²) < 4.78 is 7.14. The number of furan rings is 1. The van der Waals surface area contributed by atoms with Gasteiger partial charge in [0.15, 0.2) is 0 Å². The molecule has 0 aliphatic carbocycles. The SMILES string of the molecule is Cc1ccc(-n2nc(C(C)(C)C)cc2NC(=O)Nc2ccc(-c3ccc(Cc4ccco4)c(O)c3)c3ccccc23)cn1. The van der Waals surface area contributed by atoms with Crippen LogP contribution in [-0.2, 0) is 11.8 Å². The molecule has 3 heterocycles. The van der Waals surface area contributed by atoms with Gasteiger partial charge in [-0.05, 0) is 59.8 Å². The maximum atomic E-state index is 13.4. The minimum Gasteiger partial charge on any atom is -0.508 e. The molecule has 0 saturated carbocycles. The standard InChI is InChI=1S/C35H33N5O3/c1-22-11-14-25(21-36-22)40-33(20-32(39-40)35(2,3)4)38-34(42)37-30-16-15-27(28-9-5-6-10-29(28)30)23-12-13-24(31(41)19-23)18-26-8-7-17-43-26/h5-17,19-21,41H,18H2,1-4H3,(H2,37,38,42). The van der Waals surface area contributed by atoms with Crippen LogP contribution < -0.4 is 10.6 Å². The van der Waals surface area contributed by atoms with E-state index in [2.05, 4.69) is 36.4 Å². The Morgan fingerprint density at radius 3 is 2.44 bits per heavy atom. The van der Waals surface area contributed by atoms with Crippen molar-refractivity contribution in [1.82, 2.24) is 14.8 Å². The van der Waals surface area contributed by atoms with E-state index >= 15 is 0 Å². The highest BCUT2D eigenvalue weighted by molar-refractivity contribution is 6.09. The van der Waals surface area contributed by atoms with Gasteiger partial charge in [-0.25, -0.2) is 9.48 Å². The molecule has 43 heavy (non-hydrogen) atoms. The van der Waals surface area contributed by atoms with Crippen LogP contribution in [0.3, 0.4) is 0 Å². The number of hydrogen-bond donors (Lipinski definition) is 3. The molecule has 3 N–H and O–H groups in total. The number of hydrogen-bond acceptors (Lipinski definition) is 5. The Hall–Kier alpha value is -5.37. The average Bonchev–Trinajstić information content (AvgIpc) is 3.65. The maximum Gasteiger partial charge on any atom is 0.324 e. The molecule has 8 nitrogen and oxygen atoms in total. The van der Waals surface area contributed by atoms with E-state index in [0.717, 1.165) is 50.3 Å². The first-order valence-electron chi connectivity index (χ1n) is 14.1. The summed E-state index contributed by atoms with van der Waals surface area (Å²) in [5.74, 6) is 1.53. The molecule has 0 spiro atoms.